The standard InChI is InChI=1S/C11H14N.C10H11N.BF3.FH/c1-12-8-4-7-10-5-2-3-6-11(10)9-12;1-2-5-10-8-11-7-3-6-9(10)4-1;2-1(3)4;/h2-3,5-6,9H,4,7-8H2,1H3;1-2,4-5,8H,3,6-7H2;;1H/q+1;;;. The first-order valence-electron chi connectivity index (χ1n) is 9.19. The van der Waals surface area contributed by atoms with Crippen LogP contribution in [-0.2, 0) is 12.8 Å². The second-order valence-electron chi connectivity index (χ2n) is 6.50. The molecule has 0 amide bonds. The van der Waals surface area contributed by atoms with Crippen LogP contribution in [0.15, 0.2) is 53.5 Å². The number of nitrogens with zero attached hydrogens (tertiary/aromatic N) is 2. The fourth-order valence-electron chi connectivity index (χ4n) is 3.12. The van der Waals surface area contributed by atoms with Gasteiger partial charge < -0.3 is 0 Å². The van der Waals surface area contributed by atoms with Gasteiger partial charge in [-0.1, -0.05) is 42.5 Å². The van der Waals surface area contributed by atoms with E-state index in [-0.39, 0.29) is 4.70 Å². The molecule has 0 spiro atoms. The first kappa shape index (κ1) is 23.6. The van der Waals surface area contributed by atoms with Crippen molar-refractivity contribution in [2.75, 3.05) is 20.1 Å². The van der Waals surface area contributed by atoms with Crippen molar-refractivity contribution in [1.82, 2.24) is 0 Å². The van der Waals surface area contributed by atoms with Crippen molar-refractivity contribution in [3.8, 4) is 0 Å². The number of hydrogen-bond acceptors (Lipinski definition) is 1. The van der Waals surface area contributed by atoms with Gasteiger partial charge in [0, 0.05) is 24.7 Å². The predicted molar refractivity (Wildman–Crippen MR) is 110 cm³/mol. The van der Waals surface area contributed by atoms with Gasteiger partial charge in [0.05, 0.1) is 0 Å². The van der Waals surface area contributed by atoms with Gasteiger partial charge in [-0.2, -0.15) is 0 Å². The molecule has 0 saturated carbocycles. The summed E-state index contributed by atoms with van der Waals surface area (Å²) in [5, 5.41) is 0. The zero-order valence-electron chi connectivity index (χ0n) is 16.0. The lowest BCUT2D eigenvalue weighted by molar-refractivity contribution is -0.491. The third-order valence-electron chi connectivity index (χ3n) is 4.39. The lowest BCUT2D eigenvalue weighted by atomic mass is 10.1. The molecule has 0 aromatic heterocycles. The van der Waals surface area contributed by atoms with Gasteiger partial charge in [0.25, 0.3) is 0 Å². The van der Waals surface area contributed by atoms with Crippen LogP contribution in [0.25, 0.3) is 0 Å². The molecule has 0 N–H and O–H groups in total. The highest BCUT2D eigenvalue weighted by Gasteiger charge is 2.09. The summed E-state index contributed by atoms with van der Waals surface area (Å²) in [6.07, 6.45) is 9.08. The number of fused-ring (bicyclic) bond motifs is 2. The number of hydrogen-bond donors (Lipinski definition) is 0. The summed E-state index contributed by atoms with van der Waals surface area (Å²) in [5.74, 6) is 0. The Labute approximate surface area is 164 Å². The van der Waals surface area contributed by atoms with Crippen LogP contribution in [0.5, 0.6) is 0 Å². The van der Waals surface area contributed by atoms with Gasteiger partial charge in [0.2, 0.25) is 0 Å². The molecule has 7 heteroatoms. The molecule has 2 aromatic rings. The Kier molecular flexibility index (Phi) is 10.8. The lowest BCUT2D eigenvalue weighted by Gasteiger charge is -1.99. The molecule has 150 valence electrons. The van der Waals surface area contributed by atoms with Crippen LogP contribution in [0, 0.1) is 0 Å². The maximum atomic E-state index is 9.67. The Bertz CT molecular complexity index is 776. The van der Waals surface area contributed by atoms with E-state index in [2.05, 4.69) is 71.4 Å². The molecule has 0 radical (unpaired) electrons. The van der Waals surface area contributed by atoms with Gasteiger partial charge in [-0.05, 0) is 42.0 Å². The third-order valence-corrected chi connectivity index (χ3v) is 4.39. The van der Waals surface area contributed by atoms with E-state index in [1.807, 2.05) is 6.21 Å². The Balaban J connectivity index is 0.000000230. The Hall–Kier alpha value is -2.44. The molecule has 0 aliphatic carbocycles. The van der Waals surface area contributed by atoms with E-state index >= 15 is 0 Å². The first-order chi connectivity index (χ1) is 13.1. The monoisotopic (exact) mass is 393 g/mol. The summed E-state index contributed by atoms with van der Waals surface area (Å²) in [7, 11) is -1.53. The molecule has 0 saturated heterocycles. The van der Waals surface area contributed by atoms with Crippen molar-refractivity contribution in [1.29, 1.82) is 0 Å². The molecule has 2 aliphatic heterocycles. The van der Waals surface area contributed by atoms with E-state index in [1.165, 1.54) is 54.5 Å². The van der Waals surface area contributed by atoms with Crippen LogP contribution in [0.1, 0.15) is 35.1 Å². The SMILES string of the molecule is C1=NCCCc2ccccc21.C[N+]1=Cc2ccccc2CCC1.F.FB(F)F. The molecule has 2 aromatic carbocycles. The van der Waals surface area contributed by atoms with E-state index in [0.717, 1.165) is 6.54 Å². The summed E-state index contributed by atoms with van der Waals surface area (Å²) in [5.41, 5.74) is 5.61. The second kappa shape index (κ2) is 12.9. The van der Waals surface area contributed by atoms with Crippen LogP contribution in [0.3, 0.4) is 0 Å². The minimum absolute atomic E-state index is 0. The Morgan fingerprint density at radius 1 is 0.857 bits per heavy atom. The molecule has 0 bridgehead atoms. The summed E-state index contributed by atoms with van der Waals surface area (Å²) in [6, 6.07) is 17.1. The van der Waals surface area contributed by atoms with Crippen LogP contribution in [-0.4, -0.2) is 44.7 Å². The van der Waals surface area contributed by atoms with Gasteiger partial charge in [-0.25, -0.2) is 4.58 Å². The quantitative estimate of drug-likeness (QED) is 0.348. The van der Waals surface area contributed by atoms with Gasteiger partial charge in [-0.3, -0.25) is 22.6 Å². The van der Waals surface area contributed by atoms with E-state index in [0.29, 0.717) is 0 Å². The van der Waals surface area contributed by atoms with Crippen molar-refractivity contribution in [3.63, 3.8) is 0 Å². The zero-order chi connectivity index (χ0) is 19.5. The van der Waals surface area contributed by atoms with E-state index in [4.69, 9.17) is 0 Å². The second-order valence-corrected chi connectivity index (χ2v) is 6.50. The van der Waals surface area contributed by atoms with E-state index in [1.54, 1.807) is 0 Å². The summed E-state index contributed by atoms with van der Waals surface area (Å²) < 4.78 is 31.3. The molecule has 2 nitrogen and oxygen atoms in total. The fraction of sp³-hybridized carbons (Fsp3) is 0.333. The molecule has 2 heterocycles. The molecule has 0 fully saturated rings. The van der Waals surface area contributed by atoms with Gasteiger partial charge in [-0.15, -0.1) is 0 Å². The number of rotatable bonds is 0. The predicted octanol–water partition coefficient (Wildman–Crippen LogP) is 4.78. The minimum atomic E-state index is -3.67. The highest BCUT2D eigenvalue weighted by Crippen LogP contribution is 2.12. The molecular weight excluding hydrogens is 367 g/mol. The maximum absolute atomic E-state index is 9.67. The topological polar surface area (TPSA) is 15.4 Å². The molecule has 0 unspecified atom stereocenters. The van der Waals surface area contributed by atoms with Crippen molar-refractivity contribution in [2.45, 2.75) is 25.7 Å². The average molecular weight is 393 g/mol. The van der Waals surface area contributed by atoms with E-state index in [9.17, 15) is 12.9 Å². The number of aliphatic imine (C=N–C) groups is 1. The van der Waals surface area contributed by atoms with Crippen molar-refractivity contribution >= 4 is 20.0 Å². The Morgan fingerprint density at radius 3 is 2.07 bits per heavy atom. The summed E-state index contributed by atoms with van der Waals surface area (Å²) >= 11 is 0. The number of aryl methyl sites for hydroxylation is 2. The van der Waals surface area contributed by atoms with Gasteiger partial charge >= 0.3 is 7.54 Å². The normalized spacial score (nSPS) is 14.1. The highest BCUT2D eigenvalue weighted by atomic mass is 19.4. The fourth-order valence-corrected chi connectivity index (χ4v) is 3.12. The van der Waals surface area contributed by atoms with Gasteiger partial charge in [0.1, 0.15) is 13.6 Å². The van der Waals surface area contributed by atoms with Crippen LogP contribution in [0.4, 0.5) is 17.7 Å². The summed E-state index contributed by atoms with van der Waals surface area (Å²) in [6.45, 7) is 2.16. The molecule has 28 heavy (non-hydrogen) atoms. The van der Waals surface area contributed by atoms with Crippen molar-refractivity contribution in [3.05, 3.63) is 70.8 Å². The van der Waals surface area contributed by atoms with E-state index < -0.39 is 7.54 Å². The highest BCUT2D eigenvalue weighted by molar-refractivity contribution is 6.33. The largest absolute Gasteiger partial charge is 0.762 e. The number of halogens is 4. The molecule has 4 rings (SSSR count). The third kappa shape index (κ3) is 8.50. The van der Waals surface area contributed by atoms with Crippen LogP contribution >= 0.6 is 0 Å². The maximum Gasteiger partial charge on any atom is 0.762 e. The average Bonchev–Trinajstić information content (AvgIpc) is 2.99. The van der Waals surface area contributed by atoms with Crippen LogP contribution in [0.2, 0.25) is 0 Å². The first-order valence-corrected chi connectivity index (χ1v) is 9.19. The van der Waals surface area contributed by atoms with Crippen molar-refractivity contribution in [2.24, 2.45) is 4.99 Å². The zero-order valence-corrected chi connectivity index (χ0v) is 16.0. The molecular formula is C21H26BF4N2+. The summed E-state index contributed by atoms with van der Waals surface area (Å²) in [4.78, 5) is 4.29. The smallest absolute Gasteiger partial charge is 0.293 e. The lowest BCUT2D eigenvalue weighted by Crippen LogP contribution is -2.06. The molecule has 2 aliphatic rings. The van der Waals surface area contributed by atoms with Crippen LogP contribution < -0.4 is 0 Å². The van der Waals surface area contributed by atoms with Crippen molar-refractivity contribution < 1.29 is 22.2 Å². The minimum Gasteiger partial charge on any atom is -0.293 e. The Morgan fingerprint density at radius 2 is 1.39 bits per heavy atom. The number of benzene rings is 2. The molecule has 0 atom stereocenters. The van der Waals surface area contributed by atoms with Gasteiger partial charge in [0.15, 0.2) is 6.21 Å².